The summed E-state index contributed by atoms with van der Waals surface area (Å²) in [6.07, 6.45) is 5.17. The average molecular weight is 487 g/mol. The van der Waals surface area contributed by atoms with Crippen LogP contribution in [0.5, 0.6) is 0 Å². The summed E-state index contributed by atoms with van der Waals surface area (Å²) in [6, 6.07) is 14.5. The maximum atomic E-state index is 6.07. The molecule has 0 amide bonds. The number of aryl methyl sites for hydroxylation is 2. The van der Waals surface area contributed by atoms with Crippen LogP contribution in [0.1, 0.15) is 46.6 Å². The third-order valence-corrected chi connectivity index (χ3v) is 7.80. The van der Waals surface area contributed by atoms with Crippen molar-refractivity contribution < 1.29 is 0 Å². The van der Waals surface area contributed by atoms with E-state index in [2.05, 4.69) is 41.8 Å². The first kappa shape index (κ1) is 22.4. The van der Waals surface area contributed by atoms with E-state index >= 15 is 0 Å². The quantitative estimate of drug-likeness (QED) is 0.397. The Morgan fingerprint density at radius 3 is 2.40 bits per heavy atom. The standard InChI is InChI=1S/C28H31ClN6/c1-19-6-5-9-25(20(19)2)33-14-16-34(17-15-33)27-23-7-3-4-8-24(23)30-28-31-26(32-35(27)28)18-21-10-12-22(29)13-11-21/h5-6,9-13H,3-4,7-8,14-18H2,1-2H3. The summed E-state index contributed by atoms with van der Waals surface area (Å²) in [7, 11) is 0. The number of halogens is 1. The lowest BCUT2D eigenvalue weighted by Gasteiger charge is -2.39. The van der Waals surface area contributed by atoms with Crippen molar-refractivity contribution in [1.82, 2.24) is 19.6 Å². The smallest absolute Gasteiger partial charge is 0.254 e. The van der Waals surface area contributed by atoms with Gasteiger partial charge in [0, 0.05) is 48.9 Å². The van der Waals surface area contributed by atoms with Gasteiger partial charge >= 0.3 is 0 Å². The maximum Gasteiger partial charge on any atom is 0.254 e. The van der Waals surface area contributed by atoms with E-state index in [0.717, 1.165) is 61.2 Å². The van der Waals surface area contributed by atoms with Crippen molar-refractivity contribution in [3.63, 3.8) is 0 Å². The molecule has 7 heteroatoms. The van der Waals surface area contributed by atoms with Crippen LogP contribution in [0.4, 0.5) is 11.5 Å². The molecule has 6 rings (SSSR count). The first-order chi connectivity index (χ1) is 17.1. The molecule has 1 aliphatic carbocycles. The molecule has 0 unspecified atom stereocenters. The zero-order valence-corrected chi connectivity index (χ0v) is 21.2. The van der Waals surface area contributed by atoms with Gasteiger partial charge in [-0.1, -0.05) is 35.9 Å². The van der Waals surface area contributed by atoms with E-state index in [4.69, 9.17) is 26.7 Å². The number of fused-ring (bicyclic) bond motifs is 2. The van der Waals surface area contributed by atoms with Crippen LogP contribution in [-0.2, 0) is 19.3 Å². The molecular weight excluding hydrogens is 456 g/mol. The fourth-order valence-corrected chi connectivity index (χ4v) is 5.61. The number of benzene rings is 2. The molecule has 2 aliphatic rings. The highest BCUT2D eigenvalue weighted by molar-refractivity contribution is 6.30. The summed E-state index contributed by atoms with van der Waals surface area (Å²) < 4.78 is 2.02. The molecule has 1 aliphatic heterocycles. The Morgan fingerprint density at radius 1 is 0.857 bits per heavy atom. The molecular formula is C28H31ClN6. The Bertz CT molecular complexity index is 1370. The van der Waals surface area contributed by atoms with Gasteiger partial charge in [-0.15, -0.1) is 5.10 Å². The van der Waals surface area contributed by atoms with Crippen molar-refractivity contribution in [2.24, 2.45) is 0 Å². The second kappa shape index (κ2) is 9.15. The van der Waals surface area contributed by atoms with Gasteiger partial charge in [0.05, 0.1) is 5.69 Å². The minimum Gasteiger partial charge on any atom is -0.368 e. The Kier molecular flexibility index (Phi) is 5.85. The molecule has 180 valence electrons. The average Bonchev–Trinajstić information content (AvgIpc) is 3.27. The van der Waals surface area contributed by atoms with Crippen LogP contribution in [0.2, 0.25) is 5.02 Å². The molecule has 3 heterocycles. The Labute approximate surface area is 211 Å². The van der Waals surface area contributed by atoms with Crippen LogP contribution >= 0.6 is 11.6 Å². The van der Waals surface area contributed by atoms with E-state index in [1.807, 2.05) is 28.8 Å². The maximum absolute atomic E-state index is 6.07. The molecule has 2 aromatic carbocycles. The Morgan fingerprint density at radius 2 is 1.60 bits per heavy atom. The fraction of sp³-hybridized carbons (Fsp3) is 0.393. The summed E-state index contributed by atoms with van der Waals surface area (Å²) in [6.45, 7) is 8.35. The van der Waals surface area contributed by atoms with Gasteiger partial charge in [-0.05, 0) is 74.4 Å². The highest BCUT2D eigenvalue weighted by Crippen LogP contribution is 2.32. The van der Waals surface area contributed by atoms with Crippen molar-refractivity contribution in [1.29, 1.82) is 0 Å². The highest BCUT2D eigenvalue weighted by atomic mass is 35.5. The first-order valence-electron chi connectivity index (χ1n) is 12.6. The summed E-state index contributed by atoms with van der Waals surface area (Å²) in [4.78, 5) is 14.9. The van der Waals surface area contributed by atoms with Crippen molar-refractivity contribution in [3.05, 3.63) is 81.3 Å². The molecule has 1 saturated heterocycles. The SMILES string of the molecule is Cc1cccc(N2CCN(c3c4c(nc5nc(Cc6ccc(Cl)cc6)nn35)CCCC4)CC2)c1C. The molecule has 6 nitrogen and oxygen atoms in total. The lowest BCUT2D eigenvalue weighted by molar-refractivity contribution is 0.613. The number of anilines is 2. The van der Waals surface area contributed by atoms with Gasteiger partial charge in [-0.25, -0.2) is 4.98 Å². The van der Waals surface area contributed by atoms with Gasteiger partial charge in [0.2, 0.25) is 0 Å². The predicted molar refractivity (Wildman–Crippen MR) is 142 cm³/mol. The van der Waals surface area contributed by atoms with Crippen molar-refractivity contribution in [2.75, 3.05) is 36.0 Å². The number of nitrogens with zero attached hydrogens (tertiary/aromatic N) is 6. The minimum atomic E-state index is 0.672. The summed E-state index contributed by atoms with van der Waals surface area (Å²) in [5, 5.41) is 5.72. The van der Waals surface area contributed by atoms with E-state index < -0.39 is 0 Å². The molecule has 1 fully saturated rings. The molecule has 0 spiro atoms. The van der Waals surface area contributed by atoms with Crippen LogP contribution in [0.25, 0.3) is 5.78 Å². The van der Waals surface area contributed by atoms with Crippen molar-refractivity contribution in [3.8, 4) is 0 Å². The van der Waals surface area contributed by atoms with Gasteiger partial charge in [0.1, 0.15) is 5.82 Å². The van der Waals surface area contributed by atoms with E-state index in [1.54, 1.807) is 0 Å². The van der Waals surface area contributed by atoms with Crippen LogP contribution in [0.15, 0.2) is 42.5 Å². The second-order valence-corrected chi connectivity index (χ2v) is 10.2. The number of aromatic nitrogens is 4. The van der Waals surface area contributed by atoms with Gasteiger partial charge in [0.25, 0.3) is 5.78 Å². The predicted octanol–water partition coefficient (Wildman–Crippen LogP) is 5.19. The molecule has 0 saturated carbocycles. The van der Waals surface area contributed by atoms with Crippen molar-refractivity contribution in [2.45, 2.75) is 46.0 Å². The normalized spacial score (nSPS) is 16.1. The molecule has 0 bridgehead atoms. The largest absolute Gasteiger partial charge is 0.368 e. The number of rotatable bonds is 4. The third-order valence-electron chi connectivity index (χ3n) is 7.55. The first-order valence-corrected chi connectivity index (χ1v) is 13.0. The lowest BCUT2D eigenvalue weighted by atomic mass is 9.96. The number of hydrogen-bond donors (Lipinski definition) is 0. The molecule has 0 radical (unpaired) electrons. The highest BCUT2D eigenvalue weighted by Gasteiger charge is 2.27. The van der Waals surface area contributed by atoms with Crippen LogP contribution in [0.3, 0.4) is 0 Å². The Hall–Kier alpha value is -3.12. The molecule has 0 N–H and O–H groups in total. The van der Waals surface area contributed by atoms with Gasteiger partial charge in [-0.3, -0.25) is 0 Å². The van der Waals surface area contributed by atoms with Gasteiger partial charge in [-0.2, -0.15) is 9.50 Å². The minimum absolute atomic E-state index is 0.672. The van der Waals surface area contributed by atoms with Gasteiger partial charge in [0.15, 0.2) is 5.82 Å². The van der Waals surface area contributed by atoms with E-state index in [9.17, 15) is 0 Å². The second-order valence-electron chi connectivity index (χ2n) is 9.80. The lowest BCUT2D eigenvalue weighted by Crippen LogP contribution is -2.48. The van der Waals surface area contributed by atoms with Gasteiger partial charge < -0.3 is 9.80 Å². The van der Waals surface area contributed by atoms with Crippen LogP contribution in [0, 0.1) is 13.8 Å². The number of piperazine rings is 1. The Balaban J connectivity index is 1.33. The summed E-state index contributed by atoms with van der Waals surface area (Å²) in [5.74, 6) is 2.74. The fourth-order valence-electron chi connectivity index (χ4n) is 5.48. The van der Waals surface area contributed by atoms with Crippen LogP contribution < -0.4 is 9.80 Å². The molecule has 4 aromatic rings. The van der Waals surface area contributed by atoms with Crippen LogP contribution in [-0.4, -0.2) is 45.8 Å². The van der Waals surface area contributed by atoms with E-state index in [1.165, 1.54) is 46.7 Å². The monoisotopic (exact) mass is 486 g/mol. The van der Waals surface area contributed by atoms with E-state index in [-0.39, 0.29) is 0 Å². The third kappa shape index (κ3) is 4.25. The van der Waals surface area contributed by atoms with Crippen molar-refractivity contribution >= 4 is 28.9 Å². The van der Waals surface area contributed by atoms with E-state index in [0.29, 0.717) is 6.42 Å². The molecule has 35 heavy (non-hydrogen) atoms. The zero-order chi connectivity index (χ0) is 23.9. The summed E-state index contributed by atoms with van der Waals surface area (Å²) in [5.41, 5.74) is 7.82. The number of hydrogen-bond acceptors (Lipinski definition) is 5. The molecule has 2 aromatic heterocycles. The molecule has 0 atom stereocenters. The summed E-state index contributed by atoms with van der Waals surface area (Å²) >= 11 is 6.07. The zero-order valence-electron chi connectivity index (χ0n) is 20.5. The topological polar surface area (TPSA) is 49.6 Å².